The molecule has 0 saturated heterocycles. The van der Waals surface area contributed by atoms with Crippen molar-refractivity contribution in [2.45, 2.75) is 180 Å². The highest BCUT2D eigenvalue weighted by Gasteiger charge is 2.38. The minimum Gasteiger partial charge on any atom is -0.460 e. The van der Waals surface area contributed by atoms with Crippen LogP contribution in [0.4, 0.5) is 18.3 Å². The maximum Gasteiger partial charge on any atom is 0.422 e. The van der Waals surface area contributed by atoms with E-state index in [9.17, 15) is 27.6 Å². The van der Waals surface area contributed by atoms with Crippen LogP contribution in [0.1, 0.15) is 189 Å². The van der Waals surface area contributed by atoms with Gasteiger partial charge in [0.05, 0.1) is 40.6 Å². The minimum atomic E-state index is -4.83. The number of unbranched alkanes of at least 4 members (excludes halogenated alkanes) is 7. The average molecular weight is 1210 g/mol. The summed E-state index contributed by atoms with van der Waals surface area (Å²) >= 11 is 1.61. The van der Waals surface area contributed by atoms with Crippen molar-refractivity contribution in [1.29, 1.82) is 0 Å². The molecule has 10 rings (SSSR count). The Bertz CT molecular complexity index is 3420. The van der Waals surface area contributed by atoms with Crippen molar-refractivity contribution in [3.63, 3.8) is 0 Å². The quantitative estimate of drug-likeness (QED) is 0.0131. The van der Waals surface area contributed by atoms with E-state index in [4.69, 9.17) is 29.0 Å². The highest BCUT2D eigenvalue weighted by molar-refractivity contribution is 7.22. The molecule has 1 heterocycles. The van der Waals surface area contributed by atoms with Gasteiger partial charge >= 0.3 is 24.1 Å². The van der Waals surface area contributed by atoms with Crippen LogP contribution in [0, 0.1) is 29.6 Å². The van der Waals surface area contributed by atoms with Crippen molar-refractivity contribution in [3.8, 4) is 11.5 Å². The lowest BCUT2D eigenvalue weighted by molar-refractivity contribution is -0.152. The fourth-order valence-corrected chi connectivity index (χ4v) is 14.7. The molecule has 0 atom stereocenters. The molecule has 4 aliphatic carbocycles. The van der Waals surface area contributed by atoms with Gasteiger partial charge in [-0.25, -0.2) is 19.6 Å². The van der Waals surface area contributed by atoms with Crippen molar-refractivity contribution >= 4 is 77.9 Å². The van der Waals surface area contributed by atoms with Crippen molar-refractivity contribution in [2.75, 3.05) is 24.8 Å². The number of halogens is 3. The monoisotopic (exact) mass is 1210 g/mol. The Hall–Kier alpha value is -6.64. The van der Waals surface area contributed by atoms with E-state index in [1.807, 2.05) is 65.7 Å². The van der Waals surface area contributed by atoms with Gasteiger partial charge in [-0.2, -0.15) is 18.3 Å². The van der Waals surface area contributed by atoms with Crippen LogP contribution < -0.4 is 14.5 Å². The summed E-state index contributed by atoms with van der Waals surface area (Å²) in [6.45, 7) is 7.71. The number of hydrazone groups is 1. The lowest BCUT2D eigenvalue weighted by Crippen LogP contribution is -2.31. The predicted molar refractivity (Wildman–Crippen MR) is 345 cm³/mol. The summed E-state index contributed by atoms with van der Waals surface area (Å²) in [6, 6.07) is 29.7. The molecule has 14 heteroatoms. The lowest BCUT2D eigenvalue weighted by atomic mass is 9.70. The van der Waals surface area contributed by atoms with Crippen molar-refractivity contribution in [2.24, 2.45) is 34.7 Å². The summed E-state index contributed by atoms with van der Waals surface area (Å²) in [5.41, 5.74) is 4.48. The number of fused-ring (bicyclic) bond motifs is 4. The van der Waals surface area contributed by atoms with E-state index in [-0.39, 0.29) is 31.2 Å². The molecule has 0 bridgehead atoms. The summed E-state index contributed by atoms with van der Waals surface area (Å²) in [7, 11) is 0. The SMILES string of the molecule is C=C(C(=O)OCCOC1CCC(C2CCC(C(=O)Oc3ccc4c(/C=N/N(CCCCCCCC)c5nc6c(ccc7ccccc76)s5)c(OC(=O)c5ccc(C6=CC=C(C7CCC(CCCCC)CC7)CC6)cc5)ccc4c3)CC2)CC1)C(F)(F)F. The second kappa shape index (κ2) is 30.5. The average Bonchev–Trinajstić information content (AvgIpc) is 2.93. The molecule has 6 aromatic rings. The number of thiazole rings is 1. The van der Waals surface area contributed by atoms with Gasteiger partial charge in [0.2, 0.25) is 5.13 Å². The van der Waals surface area contributed by atoms with Crippen LogP contribution in [-0.2, 0) is 19.1 Å². The van der Waals surface area contributed by atoms with Crippen LogP contribution in [0.5, 0.6) is 11.5 Å². The number of anilines is 1. The third-order valence-corrected chi connectivity index (χ3v) is 20.0. The highest BCUT2D eigenvalue weighted by atomic mass is 32.1. The van der Waals surface area contributed by atoms with Crippen molar-refractivity contribution in [3.05, 3.63) is 138 Å². The number of rotatable bonds is 26. The summed E-state index contributed by atoms with van der Waals surface area (Å²) in [5, 5.41) is 11.8. The van der Waals surface area contributed by atoms with Gasteiger partial charge in [-0.15, -0.1) is 0 Å². The maximum absolute atomic E-state index is 14.3. The fraction of sp³-hybridized carbons (Fsp3) is 0.493. The number of nitrogens with zero attached hydrogens (tertiary/aromatic N) is 3. The Morgan fingerprint density at radius 3 is 2.16 bits per heavy atom. The van der Waals surface area contributed by atoms with Crippen LogP contribution >= 0.6 is 11.3 Å². The molecule has 3 fully saturated rings. The summed E-state index contributed by atoms with van der Waals surface area (Å²) in [4.78, 5) is 45.0. The molecule has 10 nitrogen and oxygen atoms in total. The number of carbonyl (C=O) groups is 3. The minimum absolute atomic E-state index is 0.0258. The Morgan fingerprint density at radius 1 is 0.713 bits per heavy atom. The maximum atomic E-state index is 14.3. The molecule has 87 heavy (non-hydrogen) atoms. The van der Waals surface area contributed by atoms with Crippen LogP contribution in [0.3, 0.4) is 0 Å². The molecule has 0 amide bonds. The zero-order chi connectivity index (χ0) is 60.7. The number of esters is 3. The standard InChI is InChI=1S/C73H86F3N3O7S/c1-4-6-8-9-10-14-44-79(72-78-68-64-17-13-12-16-57(64)37-43-67(68)87-72)77-48-65-63-41-40-62(85-70(81)58-30-26-55(27-31-58)56-34-38-61(39-35-56)83-45-46-84-69(80)49(3)73(74,75)76)47-60(63)36-42-66(65)86-71(82)59-32-28-54(29-33-59)53-24-22-52(23-25-53)51-20-18-50(19-21-51)15-11-7-5-2/h12-13,16-17,22,24,28-29,32-33,36-37,40-43,47-48,50-51,55-56,58,61H,3-11,14-15,18-21,23,25-27,30-31,34-35,38-39,44-46H2,1-2H3/b77-48+. The summed E-state index contributed by atoms with van der Waals surface area (Å²) < 4.78 is 62.4. The van der Waals surface area contributed by atoms with Gasteiger partial charge in [-0.05, 0) is 190 Å². The van der Waals surface area contributed by atoms with Crippen molar-refractivity contribution in [1.82, 2.24) is 4.98 Å². The molecule has 0 spiro atoms. The lowest BCUT2D eigenvalue weighted by Gasteiger charge is -2.37. The van der Waals surface area contributed by atoms with Gasteiger partial charge in [0.1, 0.15) is 23.7 Å². The second-order valence-electron chi connectivity index (χ2n) is 24.8. The zero-order valence-corrected chi connectivity index (χ0v) is 51.7. The molecular formula is C73H86F3N3O7S. The number of aromatic nitrogens is 1. The third-order valence-electron chi connectivity index (χ3n) is 19.0. The van der Waals surface area contributed by atoms with Crippen molar-refractivity contribution < 1.29 is 46.5 Å². The fourth-order valence-electron chi connectivity index (χ4n) is 13.8. The first kappa shape index (κ1) is 63.4. The molecule has 462 valence electrons. The Labute approximate surface area is 515 Å². The van der Waals surface area contributed by atoms with E-state index in [1.165, 1.54) is 76.2 Å². The Morgan fingerprint density at radius 2 is 1.43 bits per heavy atom. The molecule has 0 aliphatic heterocycles. The first-order valence-electron chi connectivity index (χ1n) is 32.5. The third kappa shape index (κ3) is 16.8. The summed E-state index contributed by atoms with van der Waals surface area (Å²) in [6.07, 6.45) is 28.0. The number of hydrogen-bond acceptors (Lipinski definition) is 11. The van der Waals surface area contributed by atoms with Crippen LogP contribution in [0.2, 0.25) is 0 Å². The number of ether oxygens (including phenoxy) is 4. The summed E-state index contributed by atoms with van der Waals surface area (Å²) in [5.74, 6) is 0.946. The topological polar surface area (TPSA) is 117 Å². The molecule has 1 aromatic heterocycles. The van der Waals surface area contributed by atoms with E-state index < -0.39 is 23.7 Å². The van der Waals surface area contributed by atoms with E-state index in [0.717, 1.165) is 132 Å². The normalized spacial score (nSPS) is 21.0. The first-order chi connectivity index (χ1) is 42.3. The van der Waals surface area contributed by atoms with Crippen LogP contribution in [0.15, 0.2) is 126 Å². The van der Waals surface area contributed by atoms with Crippen LogP contribution in [0.25, 0.3) is 37.3 Å². The van der Waals surface area contributed by atoms with Crippen LogP contribution in [-0.4, -0.2) is 61.1 Å². The molecule has 0 N–H and O–H groups in total. The Kier molecular flexibility index (Phi) is 22.2. The van der Waals surface area contributed by atoms with Gasteiger partial charge < -0.3 is 18.9 Å². The Balaban J connectivity index is 0.821. The van der Waals surface area contributed by atoms with Gasteiger partial charge in [0.25, 0.3) is 0 Å². The number of benzene rings is 5. The van der Waals surface area contributed by atoms with Gasteiger partial charge in [-0.1, -0.05) is 156 Å². The number of alkyl halides is 3. The molecule has 4 aliphatic rings. The number of allylic oxidation sites excluding steroid dienone is 4. The smallest absolute Gasteiger partial charge is 0.422 e. The molecule has 0 radical (unpaired) electrons. The van der Waals surface area contributed by atoms with Gasteiger partial charge in [0.15, 0.2) is 0 Å². The number of hydrogen-bond donors (Lipinski definition) is 0. The number of carbonyl (C=O) groups excluding carboxylic acids is 3. The highest BCUT2D eigenvalue weighted by Crippen LogP contribution is 2.43. The molecule has 0 unspecified atom stereocenters. The predicted octanol–water partition coefficient (Wildman–Crippen LogP) is 19.5. The molecule has 3 saturated carbocycles. The van der Waals surface area contributed by atoms with E-state index in [2.05, 4.69) is 56.8 Å². The first-order valence-corrected chi connectivity index (χ1v) is 33.3. The zero-order valence-electron chi connectivity index (χ0n) is 50.9. The van der Waals surface area contributed by atoms with E-state index >= 15 is 0 Å². The molecular weight excluding hydrogens is 1120 g/mol. The van der Waals surface area contributed by atoms with E-state index in [0.29, 0.717) is 46.9 Å². The largest absolute Gasteiger partial charge is 0.460 e. The van der Waals surface area contributed by atoms with Gasteiger partial charge in [0, 0.05) is 17.5 Å². The molecule has 5 aromatic carbocycles. The van der Waals surface area contributed by atoms with E-state index in [1.54, 1.807) is 29.2 Å². The van der Waals surface area contributed by atoms with Gasteiger partial charge in [-0.3, -0.25) is 4.79 Å². The second-order valence-corrected chi connectivity index (χ2v) is 25.8.